The summed E-state index contributed by atoms with van der Waals surface area (Å²) in [6.07, 6.45) is -5.30. The van der Waals surface area contributed by atoms with Gasteiger partial charge in [0.2, 0.25) is 0 Å². The number of hydrogen-bond donors (Lipinski definition) is 1. The molecule has 0 saturated carbocycles. The first-order chi connectivity index (χ1) is 12.5. The van der Waals surface area contributed by atoms with Gasteiger partial charge in [0, 0.05) is 5.02 Å². The maximum absolute atomic E-state index is 12.4. The third-order valence-electron chi connectivity index (χ3n) is 3.13. The van der Waals surface area contributed by atoms with Crippen molar-refractivity contribution in [3.05, 3.63) is 34.9 Å². The Bertz CT molecular complexity index is 738. The highest BCUT2D eigenvalue weighted by Gasteiger charge is 2.44. The minimum Gasteiger partial charge on any atom is -0.467 e. The van der Waals surface area contributed by atoms with Crippen molar-refractivity contribution in [2.24, 2.45) is 5.92 Å². The topological polar surface area (TPSA) is 108 Å². The molecule has 0 radical (unpaired) electrons. The van der Waals surface area contributed by atoms with E-state index in [0.29, 0.717) is 0 Å². The second kappa shape index (κ2) is 9.21. The van der Waals surface area contributed by atoms with E-state index in [2.05, 4.69) is 14.5 Å². The van der Waals surface area contributed by atoms with Gasteiger partial charge >= 0.3 is 30.0 Å². The second-order valence-electron chi connectivity index (χ2n) is 5.04. The number of nitrogens with one attached hydrogen (secondary N) is 1. The molecule has 1 rings (SSSR count). The normalized spacial score (nSPS) is 13.1. The molecule has 0 aromatic heterocycles. The Balaban J connectivity index is 2.78. The molecule has 0 fully saturated rings. The summed E-state index contributed by atoms with van der Waals surface area (Å²) in [5, 5.41) is 1.52. The number of carbonyl (C=O) groups excluding carboxylic acids is 4. The van der Waals surface area contributed by atoms with Gasteiger partial charge in [-0.1, -0.05) is 17.7 Å². The molecule has 0 saturated heterocycles. The Morgan fingerprint density at radius 1 is 1.11 bits per heavy atom. The average Bonchev–Trinajstić information content (AvgIpc) is 2.61. The van der Waals surface area contributed by atoms with Gasteiger partial charge in [0.1, 0.15) is 6.04 Å². The van der Waals surface area contributed by atoms with E-state index in [1.54, 1.807) is 0 Å². The van der Waals surface area contributed by atoms with Crippen LogP contribution in [0.25, 0.3) is 0 Å². The van der Waals surface area contributed by atoms with Crippen LogP contribution in [0.5, 0.6) is 0 Å². The number of halogens is 4. The fourth-order valence-corrected chi connectivity index (χ4v) is 1.88. The lowest BCUT2D eigenvalue weighted by Crippen LogP contribution is -2.52. The summed E-state index contributed by atoms with van der Waals surface area (Å²) < 4.78 is 41.3. The molecule has 27 heavy (non-hydrogen) atoms. The molecule has 148 valence electrons. The molecular weight excluding hydrogens is 399 g/mol. The van der Waals surface area contributed by atoms with Crippen LogP contribution in [0.1, 0.15) is 17.3 Å². The third-order valence-corrected chi connectivity index (χ3v) is 3.37. The van der Waals surface area contributed by atoms with Gasteiger partial charge in [-0.15, -0.1) is 0 Å². The van der Waals surface area contributed by atoms with Crippen LogP contribution in [0, 0.1) is 5.92 Å². The van der Waals surface area contributed by atoms with Crippen LogP contribution < -0.4 is 5.32 Å². The van der Waals surface area contributed by atoms with E-state index in [4.69, 9.17) is 11.6 Å². The van der Waals surface area contributed by atoms with E-state index in [1.165, 1.54) is 29.6 Å². The lowest BCUT2D eigenvalue weighted by Gasteiger charge is -2.21. The standard InChI is InChI=1S/C15H13ClF3NO7/c1-7(10(13(23)25-2)20-14(24)15(17,18)19)11(21)26-27-12(22)8-4-3-5-9(16)6-8/h3-7,10H,1-2H3,(H,20,24)/t7-,10-/m0/s1. The van der Waals surface area contributed by atoms with Gasteiger partial charge in [0.15, 0.2) is 0 Å². The van der Waals surface area contributed by atoms with Crippen LogP contribution >= 0.6 is 11.6 Å². The molecule has 0 spiro atoms. The molecule has 1 amide bonds. The molecule has 8 nitrogen and oxygen atoms in total. The Morgan fingerprint density at radius 3 is 2.26 bits per heavy atom. The van der Waals surface area contributed by atoms with Crippen LogP contribution in [0.4, 0.5) is 13.2 Å². The van der Waals surface area contributed by atoms with Gasteiger partial charge in [-0.05, 0) is 25.1 Å². The first-order valence-corrected chi connectivity index (χ1v) is 7.49. The van der Waals surface area contributed by atoms with Gasteiger partial charge in [-0.3, -0.25) is 4.79 Å². The first kappa shape index (κ1) is 22.2. The zero-order valence-corrected chi connectivity index (χ0v) is 14.6. The number of carbonyl (C=O) groups is 4. The van der Waals surface area contributed by atoms with E-state index < -0.39 is 42.0 Å². The van der Waals surface area contributed by atoms with Gasteiger partial charge < -0.3 is 10.1 Å². The smallest absolute Gasteiger partial charge is 0.467 e. The molecule has 12 heteroatoms. The summed E-state index contributed by atoms with van der Waals surface area (Å²) in [5.41, 5.74) is -0.0714. The Labute approximate surface area is 155 Å². The van der Waals surface area contributed by atoms with Crippen molar-refractivity contribution in [2.45, 2.75) is 19.1 Å². The molecule has 1 N–H and O–H groups in total. The van der Waals surface area contributed by atoms with Crippen molar-refractivity contribution >= 4 is 35.4 Å². The minimum atomic E-state index is -5.30. The number of methoxy groups -OCH3 is 1. The zero-order chi connectivity index (χ0) is 20.8. The van der Waals surface area contributed by atoms with Crippen LogP contribution in [0.15, 0.2) is 24.3 Å². The molecule has 1 aromatic rings. The lowest BCUT2D eigenvalue weighted by atomic mass is 10.0. The number of ether oxygens (including phenoxy) is 1. The van der Waals surface area contributed by atoms with Crippen molar-refractivity contribution in [2.75, 3.05) is 7.11 Å². The molecule has 0 unspecified atom stereocenters. The largest absolute Gasteiger partial charge is 0.471 e. The highest BCUT2D eigenvalue weighted by molar-refractivity contribution is 6.30. The van der Waals surface area contributed by atoms with Crippen LogP contribution in [-0.2, 0) is 28.9 Å². The van der Waals surface area contributed by atoms with Gasteiger partial charge in [0.05, 0.1) is 18.6 Å². The number of amides is 1. The second-order valence-corrected chi connectivity index (χ2v) is 5.48. The van der Waals surface area contributed by atoms with Gasteiger partial charge in [-0.2, -0.15) is 13.2 Å². The quantitative estimate of drug-likeness (QED) is 0.447. The average molecular weight is 412 g/mol. The predicted octanol–water partition coefficient (Wildman–Crippen LogP) is 1.81. The monoisotopic (exact) mass is 411 g/mol. The number of esters is 1. The number of benzene rings is 1. The van der Waals surface area contributed by atoms with Crippen LogP contribution in [0.2, 0.25) is 5.02 Å². The van der Waals surface area contributed by atoms with Crippen molar-refractivity contribution in [1.82, 2.24) is 5.32 Å². The molecule has 0 aliphatic carbocycles. The molecular formula is C15H13ClF3NO7. The summed E-state index contributed by atoms with van der Waals surface area (Å²) >= 11 is 5.68. The number of alkyl halides is 3. The zero-order valence-electron chi connectivity index (χ0n) is 13.8. The number of rotatable bonds is 5. The van der Waals surface area contributed by atoms with Crippen LogP contribution in [0.3, 0.4) is 0 Å². The molecule has 2 atom stereocenters. The molecule has 0 heterocycles. The Hall–Kier alpha value is -2.82. The van der Waals surface area contributed by atoms with E-state index >= 15 is 0 Å². The third kappa shape index (κ3) is 6.44. The summed E-state index contributed by atoms with van der Waals surface area (Å²) in [6.45, 7) is 0.966. The van der Waals surface area contributed by atoms with Gasteiger partial charge in [0.25, 0.3) is 0 Å². The maximum Gasteiger partial charge on any atom is 0.471 e. The summed E-state index contributed by atoms with van der Waals surface area (Å²) in [5.74, 6) is -7.99. The fraction of sp³-hybridized carbons (Fsp3) is 0.333. The van der Waals surface area contributed by atoms with E-state index in [1.807, 2.05) is 0 Å². The lowest BCUT2D eigenvalue weighted by molar-refractivity contribution is -0.239. The minimum absolute atomic E-state index is 0.0714. The number of hydrogen-bond acceptors (Lipinski definition) is 7. The predicted molar refractivity (Wildman–Crippen MR) is 82.1 cm³/mol. The fourth-order valence-electron chi connectivity index (χ4n) is 1.69. The highest BCUT2D eigenvalue weighted by atomic mass is 35.5. The van der Waals surface area contributed by atoms with E-state index in [0.717, 1.165) is 14.0 Å². The summed E-state index contributed by atoms with van der Waals surface area (Å²) in [6, 6.07) is 3.37. The SMILES string of the molecule is COC(=O)[C@@H](NC(=O)C(F)(F)F)[C@H](C)C(=O)OOC(=O)c1cccc(Cl)c1. The van der Waals surface area contributed by atoms with Crippen LogP contribution in [-0.4, -0.2) is 43.1 Å². The van der Waals surface area contributed by atoms with Crippen molar-refractivity contribution in [3.8, 4) is 0 Å². The highest BCUT2D eigenvalue weighted by Crippen LogP contribution is 2.17. The van der Waals surface area contributed by atoms with E-state index in [9.17, 15) is 32.3 Å². The molecule has 0 aliphatic heterocycles. The molecule has 1 aromatic carbocycles. The van der Waals surface area contributed by atoms with Crippen molar-refractivity contribution in [3.63, 3.8) is 0 Å². The van der Waals surface area contributed by atoms with Crippen molar-refractivity contribution < 1.29 is 46.9 Å². The van der Waals surface area contributed by atoms with E-state index in [-0.39, 0.29) is 10.6 Å². The Kier molecular flexibility index (Phi) is 7.58. The first-order valence-electron chi connectivity index (χ1n) is 7.11. The molecule has 0 aliphatic rings. The Morgan fingerprint density at radius 2 is 1.74 bits per heavy atom. The molecule has 0 bridgehead atoms. The van der Waals surface area contributed by atoms with Gasteiger partial charge in [-0.25, -0.2) is 24.2 Å². The summed E-state index contributed by atoms with van der Waals surface area (Å²) in [7, 11) is 0.840. The maximum atomic E-state index is 12.4. The summed E-state index contributed by atoms with van der Waals surface area (Å²) in [4.78, 5) is 54.7. The van der Waals surface area contributed by atoms with Crippen molar-refractivity contribution in [1.29, 1.82) is 0 Å².